The largest absolute Gasteiger partial charge is 0.465 e. The van der Waals surface area contributed by atoms with Gasteiger partial charge in [-0.25, -0.2) is 14.3 Å². The number of aromatic nitrogens is 3. The zero-order valence-corrected chi connectivity index (χ0v) is 11.6. The predicted molar refractivity (Wildman–Crippen MR) is 71.9 cm³/mol. The maximum Gasteiger partial charge on any atom is 0.337 e. The van der Waals surface area contributed by atoms with Crippen molar-refractivity contribution < 1.29 is 19.1 Å². The number of nitrogens with two attached hydrogens (primary N) is 1. The highest BCUT2D eigenvalue weighted by molar-refractivity contribution is 5.96. The zero-order valence-electron chi connectivity index (χ0n) is 11.6. The van der Waals surface area contributed by atoms with E-state index in [1.807, 2.05) is 0 Å². The summed E-state index contributed by atoms with van der Waals surface area (Å²) in [6.45, 7) is 0.237. The Morgan fingerprint density at radius 2 is 1.71 bits per heavy atom. The van der Waals surface area contributed by atoms with E-state index >= 15 is 0 Å². The van der Waals surface area contributed by atoms with Crippen molar-refractivity contribution in [2.75, 3.05) is 14.2 Å². The van der Waals surface area contributed by atoms with Crippen molar-refractivity contribution in [3.05, 3.63) is 41.2 Å². The number of carbonyl (C=O) groups is 2. The average Bonchev–Trinajstić information content (AvgIpc) is 3.01. The number of benzene rings is 1. The monoisotopic (exact) mass is 290 g/mol. The number of nitrogens with zero attached hydrogens (tertiary/aromatic N) is 3. The Morgan fingerprint density at radius 3 is 2.14 bits per heavy atom. The highest BCUT2D eigenvalue weighted by atomic mass is 16.5. The van der Waals surface area contributed by atoms with E-state index in [1.54, 1.807) is 6.20 Å². The van der Waals surface area contributed by atoms with Gasteiger partial charge in [-0.2, -0.15) is 0 Å². The van der Waals surface area contributed by atoms with Crippen molar-refractivity contribution in [2.45, 2.75) is 6.54 Å². The van der Waals surface area contributed by atoms with Crippen molar-refractivity contribution in [3.8, 4) is 5.69 Å². The van der Waals surface area contributed by atoms with Gasteiger partial charge in [-0.05, 0) is 18.2 Å². The predicted octanol–water partition coefficient (Wildman–Crippen LogP) is 0.299. The fraction of sp³-hybridized carbons (Fsp3) is 0.231. The molecule has 0 atom stereocenters. The summed E-state index contributed by atoms with van der Waals surface area (Å²) in [5.74, 6) is -1.14. The van der Waals surface area contributed by atoms with Crippen LogP contribution >= 0.6 is 0 Å². The summed E-state index contributed by atoms with van der Waals surface area (Å²) in [6.07, 6.45) is 1.61. The minimum absolute atomic E-state index is 0.209. The molecule has 0 aliphatic carbocycles. The van der Waals surface area contributed by atoms with Crippen molar-refractivity contribution in [3.63, 3.8) is 0 Å². The van der Waals surface area contributed by atoms with Gasteiger partial charge in [0.05, 0.1) is 42.9 Å². The molecule has 2 rings (SSSR count). The van der Waals surface area contributed by atoms with Crippen LogP contribution in [0.4, 0.5) is 0 Å². The lowest BCUT2D eigenvalue weighted by atomic mass is 10.1. The first kappa shape index (κ1) is 14.7. The normalized spacial score (nSPS) is 10.2. The molecule has 0 saturated heterocycles. The van der Waals surface area contributed by atoms with Crippen LogP contribution in [0.1, 0.15) is 26.4 Å². The molecule has 2 N–H and O–H groups in total. The first-order valence-corrected chi connectivity index (χ1v) is 6.02. The average molecular weight is 290 g/mol. The van der Waals surface area contributed by atoms with Crippen LogP contribution in [0.2, 0.25) is 0 Å². The van der Waals surface area contributed by atoms with Gasteiger partial charge < -0.3 is 15.2 Å². The van der Waals surface area contributed by atoms with Gasteiger partial charge in [-0.1, -0.05) is 5.21 Å². The Balaban J connectivity index is 2.53. The third-order valence-corrected chi connectivity index (χ3v) is 2.77. The van der Waals surface area contributed by atoms with E-state index in [4.69, 9.17) is 5.73 Å². The van der Waals surface area contributed by atoms with Crippen LogP contribution in [0.3, 0.4) is 0 Å². The number of carbonyl (C=O) groups excluding carboxylic acids is 2. The summed E-state index contributed by atoms with van der Waals surface area (Å²) in [4.78, 5) is 23.4. The Bertz CT molecular complexity index is 646. The van der Waals surface area contributed by atoms with E-state index in [1.165, 1.54) is 37.1 Å². The molecule has 0 fully saturated rings. The third-order valence-electron chi connectivity index (χ3n) is 2.77. The Kier molecular flexibility index (Phi) is 4.29. The number of rotatable bonds is 4. The van der Waals surface area contributed by atoms with Crippen molar-refractivity contribution >= 4 is 11.9 Å². The SMILES string of the molecule is COC(=O)c1cc(C(=O)OC)cc(-n2cc(CN)nn2)c1. The number of esters is 2. The summed E-state index contributed by atoms with van der Waals surface area (Å²) >= 11 is 0. The Hall–Kier alpha value is -2.74. The second kappa shape index (κ2) is 6.14. The molecule has 1 heterocycles. The molecule has 0 amide bonds. The molecule has 0 radical (unpaired) electrons. The molecule has 0 aliphatic rings. The van der Waals surface area contributed by atoms with Crippen molar-refractivity contribution in [1.82, 2.24) is 15.0 Å². The van der Waals surface area contributed by atoms with Crippen LogP contribution in [0, 0.1) is 0 Å². The minimum atomic E-state index is -0.568. The molecule has 110 valence electrons. The molecule has 0 aliphatic heterocycles. The maximum atomic E-state index is 11.7. The quantitative estimate of drug-likeness (QED) is 0.806. The third kappa shape index (κ3) is 3.06. The number of hydrogen-bond acceptors (Lipinski definition) is 7. The highest BCUT2D eigenvalue weighted by Crippen LogP contribution is 2.16. The van der Waals surface area contributed by atoms with Gasteiger partial charge in [0.2, 0.25) is 0 Å². The molecule has 8 heteroatoms. The number of methoxy groups -OCH3 is 2. The highest BCUT2D eigenvalue weighted by Gasteiger charge is 2.15. The molecule has 21 heavy (non-hydrogen) atoms. The van der Waals surface area contributed by atoms with Gasteiger partial charge in [-0.15, -0.1) is 5.10 Å². The van der Waals surface area contributed by atoms with E-state index in [0.29, 0.717) is 11.4 Å². The molecule has 0 bridgehead atoms. The van der Waals surface area contributed by atoms with Gasteiger partial charge in [0.15, 0.2) is 0 Å². The Morgan fingerprint density at radius 1 is 1.14 bits per heavy atom. The topological polar surface area (TPSA) is 109 Å². The lowest BCUT2D eigenvalue weighted by Gasteiger charge is -2.07. The molecule has 1 aromatic carbocycles. The van der Waals surface area contributed by atoms with Gasteiger partial charge in [0.1, 0.15) is 0 Å². The fourth-order valence-corrected chi connectivity index (χ4v) is 1.73. The molecule has 0 unspecified atom stereocenters. The zero-order chi connectivity index (χ0) is 15.4. The van der Waals surface area contributed by atoms with Gasteiger partial charge in [-0.3, -0.25) is 0 Å². The lowest BCUT2D eigenvalue weighted by molar-refractivity contribution is 0.0599. The smallest absolute Gasteiger partial charge is 0.337 e. The second-order valence-corrected chi connectivity index (χ2v) is 4.11. The molecule has 2 aromatic rings. The summed E-state index contributed by atoms with van der Waals surface area (Å²) in [5, 5.41) is 7.75. The molecule has 1 aromatic heterocycles. The van der Waals surface area contributed by atoms with Gasteiger partial charge >= 0.3 is 11.9 Å². The van der Waals surface area contributed by atoms with Crippen LogP contribution < -0.4 is 5.73 Å². The molecular weight excluding hydrogens is 276 g/mol. The van der Waals surface area contributed by atoms with Crippen LogP contribution in [0.5, 0.6) is 0 Å². The Labute approximate surface area is 120 Å². The van der Waals surface area contributed by atoms with E-state index in [9.17, 15) is 9.59 Å². The van der Waals surface area contributed by atoms with E-state index in [0.717, 1.165) is 0 Å². The summed E-state index contributed by atoms with van der Waals surface area (Å²) in [6, 6.07) is 4.46. The molecule has 8 nitrogen and oxygen atoms in total. The van der Waals surface area contributed by atoms with E-state index in [-0.39, 0.29) is 17.7 Å². The van der Waals surface area contributed by atoms with E-state index in [2.05, 4.69) is 19.8 Å². The van der Waals surface area contributed by atoms with Crippen molar-refractivity contribution in [1.29, 1.82) is 0 Å². The lowest BCUT2D eigenvalue weighted by Crippen LogP contribution is -2.09. The van der Waals surface area contributed by atoms with Crippen LogP contribution in [0.25, 0.3) is 5.69 Å². The van der Waals surface area contributed by atoms with Gasteiger partial charge in [0.25, 0.3) is 0 Å². The standard InChI is InChI=1S/C13H14N4O4/c1-20-12(18)8-3-9(13(19)21-2)5-11(4-8)17-7-10(6-14)15-16-17/h3-5,7H,6,14H2,1-2H3. The summed E-state index contributed by atoms with van der Waals surface area (Å²) in [5.41, 5.74) is 6.95. The fourth-order valence-electron chi connectivity index (χ4n) is 1.73. The number of hydrogen-bond donors (Lipinski definition) is 1. The van der Waals surface area contributed by atoms with Crippen LogP contribution in [0.15, 0.2) is 24.4 Å². The maximum absolute atomic E-state index is 11.7. The van der Waals surface area contributed by atoms with Crippen LogP contribution in [-0.4, -0.2) is 41.2 Å². The van der Waals surface area contributed by atoms with Gasteiger partial charge in [0, 0.05) is 6.54 Å². The molecule has 0 spiro atoms. The first-order valence-electron chi connectivity index (χ1n) is 6.02. The van der Waals surface area contributed by atoms with Crippen molar-refractivity contribution in [2.24, 2.45) is 5.73 Å². The summed E-state index contributed by atoms with van der Waals surface area (Å²) < 4.78 is 10.7. The summed E-state index contributed by atoms with van der Waals surface area (Å²) in [7, 11) is 2.52. The molecular formula is C13H14N4O4. The van der Waals surface area contributed by atoms with E-state index < -0.39 is 11.9 Å². The van der Waals surface area contributed by atoms with Crippen LogP contribution in [-0.2, 0) is 16.0 Å². The molecule has 0 saturated carbocycles. The second-order valence-electron chi connectivity index (χ2n) is 4.11. The minimum Gasteiger partial charge on any atom is -0.465 e. The first-order chi connectivity index (χ1) is 10.1. The number of ether oxygens (including phenoxy) is 2.